The van der Waals surface area contributed by atoms with Crippen LogP contribution in [0.4, 0.5) is 5.69 Å². The predicted molar refractivity (Wildman–Crippen MR) is 98.1 cm³/mol. The molecule has 4 heteroatoms. The van der Waals surface area contributed by atoms with Crippen molar-refractivity contribution in [3.8, 4) is 0 Å². The molecule has 1 aromatic carbocycles. The molecule has 124 valence electrons. The molecule has 2 aromatic heterocycles. The van der Waals surface area contributed by atoms with Gasteiger partial charge in [0.25, 0.3) is 0 Å². The summed E-state index contributed by atoms with van der Waals surface area (Å²) in [5.74, 6) is 0. The highest BCUT2D eigenvalue weighted by Gasteiger charge is 2.14. The van der Waals surface area contributed by atoms with Crippen molar-refractivity contribution in [1.29, 1.82) is 0 Å². The van der Waals surface area contributed by atoms with Crippen LogP contribution in [0.25, 0.3) is 10.9 Å². The molecule has 4 nitrogen and oxygen atoms in total. The lowest BCUT2D eigenvalue weighted by molar-refractivity contribution is 0.191. The fourth-order valence-corrected chi connectivity index (χ4v) is 2.68. The van der Waals surface area contributed by atoms with Crippen molar-refractivity contribution < 1.29 is 5.11 Å². The Bertz CT molecular complexity index is 817. The van der Waals surface area contributed by atoms with Gasteiger partial charge in [-0.25, -0.2) is 0 Å². The summed E-state index contributed by atoms with van der Waals surface area (Å²) in [5, 5.41) is 14.8. The number of pyridine rings is 2. The first kappa shape index (κ1) is 16.4. The SMILES string of the molecule is CC(C)(C)c1ccc(C(O)CNc2ccnc3cnccc23)cc1. The quantitative estimate of drug-likeness (QED) is 0.760. The third-order valence-electron chi connectivity index (χ3n) is 4.19. The van der Waals surface area contributed by atoms with Crippen molar-refractivity contribution in [2.24, 2.45) is 0 Å². The third-order valence-corrected chi connectivity index (χ3v) is 4.19. The van der Waals surface area contributed by atoms with Crippen LogP contribution < -0.4 is 5.32 Å². The van der Waals surface area contributed by atoms with Crippen molar-refractivity contribution in [3.63, 3.8) is 0 Å². The van der Waals surface area contributed by atoms with Crippen molar-refractivity contribution >= 4 is 16.6 Å². The van der Waals surface area contributed by atoms with Gasteiger partial charge in [-0.1, -0.05) is 45.0 Å². The molecule has 0 spiro atoms. The largest absolute Gasteiger partial charge is 0.387 e. The Morgan fingerprint density at radius 2 is 1.79 bits per heavy atom. The Morgan fingerprint density at radius 1 is 1.04 bits per heavy atom. The summed E-state index contributed by atoms with van der Waals surface area (Å²) in [5.41, 5.74) is 4.08. The number of hydrogen-bond donors (Lipinski definition) is 2. The standard InChI is InChI=1S/C20H23N3O/c1-20(2,3)15-6-4-14(5-7-15)19(24)13-23-17-9-11-22-18-12-21-10-8-16(17)18/h4-12,19,24H,13H2,1-3H3,(H,22,23). The van der Waals surface area contributed by atoms with E-state index in [2.05, 4.69) is 48.2 Å². The summed E-state index contributed by atoms with van der Waals surface area (Å²) in [6.45, 7) is 6.99. The van der Waals surface area contributed by atoms with Crippen LogP contribution in [0.2, 0.25) is 0 Å². The van der Waals surface area contributed by atoms with E-state index < -0.39 is 6.10 Å². The van der Waals surface area contributed by atoms with Gasteiger partial charge in [-0.15, -0.1) is 0 Å². The van der Waals surface area contributed by atoms with E-state index in [4.69, 9.17) is 0 Å². The molecule has 0 saturated carbocycles. The van der Waals surface area contributed by atoms with Gasteiger partial charge in [0.2, 0.25) is 0 Å². The number of hydrogen-bond acceptors (Lipinski definition) is 4. The first-order valence-electron chi connectivity index (χ1n) is 8.16. The van der Waals surface area contributed by atoms with Gasteiger partial charge in [-0.2, -0.15) is 0 Å². The number of aliphatic hydroxyl groups is 1. The van der Waals surface area contributed by atoms with E-state index in [1.54, 1.807) is 18.6 Å². The molecular formula is C20H23N3O. The van der Waals surface area contributed by atoms with E-state index in [0.717, 1.165) is 22.2 Å². The summed E-state index contributed by atoms with van der Waals surface area (Å²) >= 11 is 0. The first-order chi connectivity index (χ1) is 11.4. The Hall–Kier alpha value is -2.46. The number of aliphatic hydroxyl groups excluding tert-OH is 1. The Morgan fingerprint density at radius 3 is 2.50 bits per heavy atom. The molecule has 3 rings (SSSR count). The lowest BCUT2D eigenvalue weighted by Gasteiger charge is -2.20. The molecule has 0 fully saturated rings. The highest BCUT2D eigenvalue weighted by molar-refractivity contribution is 5.90. The van der Waals surface area contributed by atoms with Gasteiger partial charge in [-0.3, -0.25) is 9.97 Å². The molecule has 0 saturated heterocycles. The van der Waals surface area contributed by atoms with Crippen molar-refractivity contribution in [3.05, 3.63) is 66.1 Å². The predicted octanol–water partition coefficient (Wildman–Crippen LogP) is 4.07. The number of anilines is 1. The van der Waals surface area contributed by atoms with Gasteiger partial charge in [0.1, 0.15) is 0 Å². The fraction of sp³-hybridized carbons (Fsp3) is 0.300. The van der Waals surface area contributed by atoms with E-state index in [1.807, 2.05) is 24.3 Å². The minimum Gasteiger partial charge on any atom is -0.387 e. The van der Waals surface area contributed by atoms with Crippen LogP contribution in [0.1, 0.15) is 38.0 Å². The van der Waals surface area contributed by atoms with Crippen molar-refractivity contribution in [2.75, 3.05) is 11.9 Å². The number of rotatable bonds is 4. The zero-order chi connectivity index (χ0) is 17.2. The average molecular weight is 321 g/mol. The van der Waals surface area contributed by atoms with Crippen LogP contribution in [0.15, 0.2) is 55.0 Å². The number of nitrogens with zero attached hydrogens (tertiary/aromatic N) is 2. The maximum atomic E-state index is 10.5. The molecule has 0 aliphatic heterocycles. The van der Waals surface area contributed by atoms with Crippen LogP contribution >= 0.6 is 0 Å². The Labute approximate surface area is 142 Å². The summed E-state index contributed by atoms with van der Waals surface area (Å²) in [6, 6.07) is 12.0. The average Bonchev–Trinajstić information content (AvgIpc) is 2.59. The minimum atomic E-state index is -0.566. The van der Waals surface area contributed by atoms with Gasteiger partial charge < -0.3 is 10.4 Å². The third kappa shape index (κ3) is 3.54. The summed E-state index contributed by atoms with van der Waals surface area (Å²) in [6.07, 6.45) is 4.67. The molecule has 24 heavy (non-hydrogen) atoms. The van der Waals surface area contributed by atoms with Crippen LogP contribution in [0, 0.1) is 0 Å². The van der Waals surface area contributed by atoms with Gasteiger partial charge >= 0.3 is 0 Å². The highest BCUT2D eigenvalue weighted by atomic mass is 16.3. The van der Waals surface area contributed by atoms with Crippen molar-refractivity contribution in [2.45, 2.75) is 32.3 Å². The number of benzene rings is 1. The lowest BCUT2D eigenvalue weighted by Crippen LogP contribution is -2.14. The maximum absolute atomic E-state index is 10.5. The number of aromatic nitrogens is 2. The Balaban J connectivity index is 1.72. The van der Waals surface area contributed by atoms with Gasteiger partial charge in [0.05, 0.1) is 17.8 Å². The normalized spacial score (nSPS) is 13.0. The summed E-state index contributed by atoms with van der Waals surface area (Å²) in [4.78, 5) is 8.38. The zero-order valence-corrected chi connectivity index (χ0v) is 14.3. The van der Waals surface area contributed by atoms with Gasteiger partial charge in [0.15, 0.2) is 0 Å². The second kappa shape index (κ2) is 6.57. The smallest absolute Gasteiger partial charge is 0.0962 e. The Kier molecular flexibility index (Phi) is 4.49. The maximum Gasteiger partial charge on any atom is 0.0962 e. The van der Waals surface area contributed by atoms with Gasteiger partial charge in [-0.05, 0) is 28.7 Å². The second-order valence-electron chi connectivity index (χ2n) is 7.02. The molecule has 0 aliphatic carbocycles. The molecule has 0 aliphatic rings. The summed E-state index contributed by atoms with van der Waals surface area (Å²) in [7, 11) is 0. The second-order valence-corrected chi connectivity index (χ2v) is 7.02. The fourth-order valence-electron chi connectivity index (χ4n) is 2.68. The number of fused-ring (bicyclic) bond motifs is 1. The molecule has 0 amide bonds. The highest BCUT2D eigenvalue weighted by Crippen LogP contribution is 2.25. The van der Waals surface area contributed by atoms with Crippen molar-refractivity contribution in [1.82, 2.24) is 9.97 Å². The minimum absolute atomic E-state index is 0.117. The molecule has 3 aromatic rings. The topological polar surface area (TPSA) is 58.0 Å². The number of nitrogens with one attached hydrogen (secondary N) is 1. The zero-order valence-electron chi connectivity index (χ0n) is 14.3. The molecule has 0 bridgehead atoms. The van der Waals surface area contributed by atoms with E-state index in [0.29, 0.717) is 6.54 Å². The van der Waals surface area contributed by atoms with E-state index in [-0.39, 0.29) is 5.41 Å². The van der Waals surface area contributed by atoms with E-state index in [9.17, 15) is 5.11 Å². The first-order valence-corrected chi connectivity index (χ1v) is 8.16. The molecule has 2 N–H and O–H groups in total. The molecular weight excluding hydrogens is 298 g/mol. The summed E-state index contributed by atoms with van der Waals surface area (Å²) < 4.78 is 0. The molecule has 1 atom stereocenters. The lowest BCUT2D eigenvalue weighted by atomic mass is 9.86. The molecule has 2 heterocycles. The van der Waals surface area contributed by atoms with Crippen LogP contribution in [-0.4, -0.2) is 21.6 Å². The molecule has 0 radical (unpaired) electrons. The molecule has 1 unspecified atom stereocenters. The van der Waals surface area contributed by atoms with E-state index in [1.165, 1.54) is 5.56 Å². The van der Waals surface area contributed by atoms with Crippen LogP contribution in [-0.2, 0) is 5.41 Å². The van der Waals surface area contributed by atoms with Gasteiger partial charge in [0, 0.05) is 30.0 Å². The monoisotopic (exact) mass is 321 g/mol. The van der Waals surface area contributed by atoms with E-state index >= 15 is 0 Å². The van der Waals surface area contributed by atoms with Crippen LogP contribution in [0.5, 0.6) is 0 Å². The van der Waals surface area contributed by atoms with Crippen LogP contribution in [0.3, 0.4) is 0 Å².